The van der Waals surface area contributed by atoms with E-state index < -0.39 is 12.1 Å². The summed E-state index contributed by atoms with van der Waals surface area (Å²) in [6.07, 6.45) is 1.31. The molecule has 2 aromatic rings. The molecule has 0 aliphatic carbocycles. The van der Waals surface area contributed by atoms with E-state index in [1.54, 1.807) is 0 Å². The zero-order valence-electron chi connectivity index (χ0n) is 14.2. The van der Waals surface area contributed by atoms with Gasteiger partial charge in [-0.1, -0.05) is 42.5 Å². The van der Waals surface area contributed by atoms with Gasteiger partial charge in [0.1, 0.15) is 5.75 Å². The largest absolute Gasteiger partial charge is 0.494 e. The standard InChI is InChI=1S/C20H25NO4/c22-19(15-21-13-12-20(23)24)17-8-10-18(11-9-17)25-14-4-7-16-5-2-1-3-6-16/h1-3,5-6,8-11,19,21-22H,4,7,12-15H2,(H,23,24). The van der Waals surface area contributed by atoms with Crippen molar-refractivity contribution < 1.29 is 19.7 Å². The summed E-state index contributed by atoms with van der Waals surface area (Å²) >= 11 is 0. The van der Waals surface area contributed by atoms with Gasteiger partial charge in [-0.25, -0.2) is 0 Å². The second-order valence-corrected chi connectivity index (χ2v) is 5.87. The molecule has 0 bridgehead atoms. The van der Waals surface area contributed by atoms with Crippen LogP contribution in [0.1, 0.15) is 30.1 Å². The molecular weight excluding hydrogens is 318 g/mol. The molecule has 0 amide bonds. The maximum Gasteiger partial charge on any atom is 0.304 e. The zero-order chi connectivity index (χ0) is 17.9. The smallest absolute Gasteiger partial charge is 0.304 e. The number of ether oxygens (including phenoxy) is 1. The molecule has 0 spiro atoms. The molecule has 5 nitrogen and oxygen atoms in total. The summed E-state index contributed by atoms with van der Waals surface area (Å²) in [6, 6.07) is 17.7. The van der Waals surface area contributed by atoms with Crippen LogP contribution in [0.4, 0.5) is 0 Å². The molecule has 134 valence electrons. The average molecular weight is 343 g/mol. The Kier molecular flexibility index (Phi) is 7.95. The first-order valence-corrected chi connectivity index (χ1v) is 8.52. The van der Waals surface area contributed by atoms with Gasteiger partial charge >= 0.3 is 5.97 Å². The van der Waals surface area contributed by atoms with Crippen molar-refractivity contribution in [2.24, 2.45) is 0 Å². The number of nitrogens with one attached hydrogen (secondary N) is 1. The maximum absolute atomic E-state index is 10.4. The van der Waals surface area contributed by atoms with Crippen LogP contribution in [0.2, 0.25) is 0 Å². The minimum Gasteiger partial charge on any atom is -0.494 e. The molecule has 0 fully saturated rings. The Morgan fingerprint density at radius 3 is 2.48 bits per heavy atom. The molecule has 0 saturated heterocycles. The topological polar surface area (TPSA) is 78.8 Å². The summed E-state index contributed by atoms with van der Waals surface area (Å²) < 4.78 is 5.72. The lowest BCUT2D eigenvalue weighted by Gasteiger charge is -2.13. The summed E-state index contributed by atoms with van der Waals surface area (Å²) in [6.45, 7) is 1.31. The summed E-state index contributed by atoms with van der Waals surface area (Å²) in [5.41, 5.74) is 2.08. The molecule has 0 heterocycles. The molecule has 1 unspecified atom stereocenters. The van der Waals surface area contributed by atoms with Gasteiger partial charge in [0.2, 0.25) is 0 Å². The normalized spacial score (nSPS) is 11.9. The fourth-order valence-corrected chi connectivity index (χ4v) is 2.45. The Labute approximate surface area is 148 Å². The highest BCUT2D eigenvalue weighted by molar-refractivity contribution is 5.66. The molecule has 25 heavy (non-hydrogen) atoms. The van der Waals surface area contributed by atoms with Gasteiger partial charge in [-0.05, 0) is 36.1 Å². The summed E-state index contributed by atoms with van der Waals surface area (Å²) in [7, 11) is 0. The Hall–Kier alpha value is -2.37. The average Bonchev–Trinajstić information content (AvgIpc) is 2.63. The van der Waals surface area contributed by atoms with Crippen molar-refractivity contribution in [3.8, 4) is 5.75 Å². The lowest BCUT2D eigenvalue weighted by Crippen LogP contribution is -2.24. The quantitative estimate of drug-likeness (QED) is 0.547. The first-order valence-electron chi connectivity index (χ1n) is 8.52. The highest BCUT2D eigenvalue weighted by Gasteiger charge is 2.07. The molecule has 0 aromatic heterocycles. The molecule has 1 atom stereocenters. The van der Waals surface area contributed by atoms with E-state index in [9.17, 15) is 9.90 Å². The minimum atomic E-state index is -0.851. The highest BCUT2D eigenvalue weighted by atomic mass is 16.5. The first kappa shape index (κ1) is 19.0. The minimum absolute atomic E-state index is 0.0441. The molecule has 0 aliphatic heterocycles. The Balaban J connectivity index is 1.67. The molecule has 0 aliphatic rings. The number of aliphatic carboxylic acids is 1. The third kappa shape index (κ3) is 7.37. The van der Waals surface area contributed by atoms with Crippen molar-refractivity contribution >= 4 is 5.97 Å². The van der Waals surface area contributed by atoms with E-state index >= 15 is 0 Å². The van der Waals surface area contributed by atoms with Crippen LogP contribution in [-0.4, -0.2) is 35.9 Å². The Bertz CT molecular complexity index is 628. The third-order valence-electron chi connectivity index (χ3n) is 3.84. The Morgan fingerprint density at radius 1 is 1.08 bits per heavy atom. The van der Waals surface area contributed by atoms with E-state index in [0.29, 0.717) is 19.7 Å². The van der Waals surface area contributed by atoms with E-state index in [0.717, 1.165) is 24.2 Å². The third-order valence-corrected chi connectivity index (χ3v) is 3.84. The van der Waals surface area contributed by atoms with Crippen LogP contribution >= 0.6 is 0 Å². The van der Waals surface area contributed by atoms with Crippen LogP contribution in [0.15, 0.2) is 54.6 Å². The van der Waals surface area contributed by atoms with Crippen molar-refractivity contribution in [3.63, 3.8) is 0 Å². The summed E-state index contributed by atoms with van der Waals surface area (Å²) in [5, 5.41) is 21.6. The fourth-order valence-electron chi connectivity index (χ4n) is 2.45. The van der Waals surface area contributed by atoms with Crippen LogP contribution in [0.3, 0.4) is 0 Å². The monoisotopic (exact) mass is 343 g/mol. The highest BCUT2D eigenvalue weighted by Crippen LogP contribution is 2.17. The number of benzene rings is 2. The number of carboxylic acids is 1. The summed E-state index contributed by atoms with van der Waals surface area (Å²) in [4.78, 5) is 10.4. The molecule has 3 N–H and O–H groups in total. The predicted octanol–water partition coefficient (Wildman–Crippen LogP) is 2.80. The molecule has 0 radical (unpaired) electrons. The molecule has 5 heteroatoms. The maximum atomic E-state index is 10.4. The van der Waals surface area contributed by atoms with Gasteiger partial charge in [-0.15, -0.1) is 0 Å². The van der Waals surface area contributed by atoms with E-state index in [1.807, 2.05) is 42.5 Å². The number of rotatable bonds is 11. The van der Waals surface area contributed by atoms with E-state index in [2.05, 4.69) is 17.4 Å². The lowest BCUT2D eigenvalue weighted by atomic mass is 10.1. The number of hydrogen-bond acceptors (Lipinski definition) is 4. The number of aliphatic hydroxyl groups excluding tert-OH is 1. The van der Waals surface area contributed by atoms with Crippen LogP contribution in [0.25, 0.3) is 0 Å². The van der Waals surface area contributed by atoms with Gasteiger partial charge in [0, 0.05) is 13.1 Å². The van der Waals surface area contributed by atoms with Gasteiger partial charge < -0.3 is 20.3 Å². The lowest BCUT2D eigenvalue weighted by molar-refractivity contribution is -0.136. The van der Waals surface area contributed by atoms with E-state index in [1.165, 1.54) is 5.56 Å². The first-order chi connectivity index (χ1) is 12.1. The van der Waals surface area contributed by atoms with E-state index in [-0.39, 0.29) is 6.42 Å². The second kappa shape index (κ2) is 10.5. The number of hydrogen-bond donors (Lipinski definition) is 3. The van der Waals surface area contributed by atoms with Crippen molar-refractivity contribution in [2.75, 3.05) is 19.7 Å². The molecular formula is C20H25NO4. The summed E-state index contributed by atoms with van der Waals surface area (Å²) in [5.74, 6) is -0.0707. The molecule has 2 aromatic carbocycles. The fraction of sp³-hybridized carbons (Fsp3) is 0.350. The van der Waals surface area contributed by atoms with Gasteiger partial charge in [0.05, 0.1) is 19.1 Å². The van der Waals surface area contributed by atoms with Crippen LogP contribution in [0, 0.1) is 0 Å². The zero-order valence-corrected chi connectivity index (χ0v) is 14.2. The van der Waals surface area contributed by atoms with Gasteiger partial charge in [0.25, 0.3) is 0 Å². The van der Waals surface area contributed by atoms with Crippen molar-refractivity contribution in [1.29, 1.82) is 0 Å². The van der Waals surface area contributed by atoms with E-state index in [4.69, 9.17) is 9.84 Å². The van der Waals surface area contributed by atoms with Crippen LogP contribution in [-0.2, 0) is 11.2 Å². The van der Waals surface area contributed by atoms with Gasteiger partial charge in [-0.2, -0.15) is 0 Å². The number of aliphatic hydroxyl groups is 1. The van der Waals surface area contributed by atoms with Gasteiger partial charge in [-0.3, -0.25) is 4.79 Å². The molecule has 0 saturated carbocycles. The SMILES string of the molecule is O=C(O)CCNCC(O)c1ccc(OCCCc2ccccc2)cc1. The van der Waals surface area contributed by atoms with Crippen LogP contribution < -0.4 is 10.1 Å². The number of aryl methyl sites for hydroxylation is 1. The van der Waals surface area contributed by atoms with Crippen LogP contribution in [0.5, 0.6) is 5.75 Å². The Morgan fingerprint density at radius 2 is 1.80 bits per heavy atom. The molecule has 2 rings (SSSR count). The number of carboxylic acid groups (broad SMARTS) is 1. The van der Waals surface area contributed by atoms with Gasteiger partial charge in [0.15, 0.2) is 0 Å². The van der Waals surface area contributed by atoms with Crippen molar-refractivity contribution in [1.82, 2.24) is 5.32 Å². The predicted molar refractivity (Wildman–Crippen MR) is 96.8 cm³/mol. The van der Waals surface area contributed by atoms with Crippen molar-refractivity contribution in [2.45, 2.75) is 25.4 Å². The number of carbonyl (C=O) groups is 1. The second-order valence-electron chi connectivity index (χ2n) is 5.87. The van der Waals surface area contributed by atoms with Crippen molar-refractivity contribution in [3.05, 3.63) is 65.7 Å².